The first-order valence-electron chi connectivity index (χ1n) is 10.9. The van der Waals surface area contributed by atoms with Crippen molar-refractivity contribution in [2.45, 2.75) is 51.9 Å². The van der Waals surface area contributed by atoms with Gasteiger partial charge in [-0.05, 0) is 61.8 Å². The Labute approximate surface area is 193 Å². The van der Waals surface area contributed by atoms with Crippen LogP contribution in [0.4, 0.5) is 8.78 Å². The lowest BCUT2D eigenvalue weighted by Gasteiger charge is -2.32. The molecule has 0 fully saturated rings. The van der Waals surface area contributed by atoms with Crippen molar-refractivity contribution in [3.05, 3.63) is 83.6 Å². The normalized spacial score (nSPS) is 17.0. The fourth-order valence-corrected chi connectivity index (χ4v) is 4.53. The van der Waals surface area contributed by atoms with Crippen LogP contribution >= 0.6 is 0 Å². The summed E-state index contributed by atoms with van der Waals surface area (Å²) >= 11 is 0. The second kappa shape index (κ2) is 10.4. The summed E-state index contributed by atoms with van der Waals surface area (Å²) in [6, 6.07) is 7.55. The van der Waals surface area contributed by atoms with E-state index in [4.69, 9.17) is 5.26 Å². The van der Waals surface area contributed by atoms with Gasteiger partial charge in [0.15, 0.2) is 0 Å². The first-order chi connectivity index (χ1) is 15.9. The third-order valence-electron chi connectivity index (χ3n) is 5.89. The summed E-state index contributed by atoms with van der Waals surface area (Å²) in [5.74, 6) is -0.549. The van der Waals surface area contributed by atoms with Crippen molar-refractivity contribution < 1.29 is 8.78 Å². The lowest BCUT2D eigenvalue weighted by molar-refractivity contribution is 0.424. The second-order valence-corrected chi connectivity index (χ2v) is 8.47. The van der Waals surface area contributed by atoms with Gasteiger partial charge >= 0.3 is 0 Å². The minimum absolute atomic E-state index is 0.0711. The number of rotatable bonds is 4. The molecule has 7 heteroatoms. The van der Waals surface area contributed by atoms with Crippen LogP contribution in [0.3, 0.4) is 0 Å². The molecule has 170 valence electrons. The molecule has 2 heterocycles. The Hall–Kier alpha value is -3.53. The van der Waals surface area contributed by atoms with Crippen molar-refractivity contribution in [1.29, 1.82) is 5.26 Å². The monoisotopic (exact) mass is 447 g/mol. The van der Waals surface area contributed by atoms with Crippen LogP contribution in [-0.4, -0.2) is 20.2 Å². The summed E-state index contributed by atoms with van der Waals surface area (Å²) in [6.07, 6.45) is 4.40. The van der Waals surface area contributed by atoms with Crippen LogP contribution in [0.25, 0.3) is 11.3 Å². The molecule has 0 saturated heterocycles. The van der Waals surface area contributed by atoms with E-state index in [0.29, 0.717) is 5.92 Å². The van der Waals surface area contributed by atoms with Crippen LogP contribution in [0.1, 0.15) is 73.3 Å². The standard InChI is InChI=1S/C24H23F2N5.C2H4/c1-13(2)9-15-7-8-16(18-12-28-22(11-27)29-14(18)3)24-17(15)10-21(30-31-24)23-19(25)5-4-6-20(23)26;1-2/h4-6,10,12-13,15-16H,7-9H2,1-3H3;1-2H2/t15-,16?;/m1./s1. The summed E-state index contributed by atoms with van der Waals surface area (Å²) in [6.45, 7) is 12.2. The highest BCUT2D eigenvalue weighted by Gasteiger charge is 2.32. The lowest BCUT2D eigenvalue weighted by atomic mass is 9.74. The zero-order valence-corrected chi connectivity index (χ0v) is 19.1. The molecule has 1 aliphatic carbocycles. The predicted octanol–water partition coefficient (Wildman–Crippen LogP) is 6.25. The largest absolute Gasteiger partial charge is 0.232 e. The summed E-state index contributed by atoms with van der Waals surface area (Å²) in [5, 5.41) is 17.8. The fraction of sp³-hybridized carbons (Fsp3) is 0.346. The molecule has 0 radical (unpaired) electrons. The quantitative estimate of drug-likeness (QED) is 0.442. The van der Waals surface area contributed by atoms with Crippen LogP contribution in [0.2, 0.25) is 0 Å². The lowest BCUT2D eigenvalue weighted by Crippen LogP contribution is -2.21. The third kappa shape index (κ3) is 4.95. The smallest absolute Gasteiger partial charge is 0.227 e. The Morgan fingerprint density at radius 2 is 1.82 bits per heavy atom. The molecule has 0 N–H and O–H groups in total. The van der Waals surface area contributed by atoms with Crippen LogP contribution in [0.5, 0.6) is 0 Å². The predicted molar refractivity (Wildman–Crippen MR) is 123 cm³/mol. The van der Waals surface area contributed by atoms with Gasteiger partial charge in [-0.3, -0.25) is 0 Å². The van der Waals surface area contributed by atoms with Gasteiger partial charge in [-0.2, -0.15) is 15.5 Å². The number of halogens is 2. The second-order valence-electron chi connectivity index (χ2n) is 8.47. The summed E-state index contributed by atoms with van der Waals surface area (Å²) in [7, 11) is 0. The van der Waals surface area contributed by atoms with Crippen LogP contribution in [0, 0.1) is 35.8 Å². The summed E-state index contributed by atoms with van der Waals surface area (Å²) in [4.78, 5) is 8.42. The van der Waals surface area contributed by atoms with E-state index in [9.17, 15) is 8.78 Å². The molecule has 4 rings (SSSR count). The van der Waals surface area contributed by atoms with E-state index in [0.717, 1.165) is 41.8 Å². The molecular formula is C26H27F2N5. The minimum Gasteiger partial charge on any atom is -0.227 e. The topological polar surface area (TPSA) is 75.3 Å². The zero-order chi connectivity index (χ0) is 24.1. The summed E-state index contributed by atoms with van der Waals surface area (Å²) < 4.78 is 28.8. The third-order valence-corrected chi connectivity index (χ3v) is 5.89. The van der Waals surface area contributed by atoms with E-state index in [1.807, 2.05) is 13.0 Å². The summed E-state index contributed by atoms with van der Waals surface area (Å²) in [5.41, 5.74) is 3.46. The highest BCUT2D eigenvalue weighted by molar-refractivity contribution is 5.62. The van der Waals surface area contributed by atoms with E-state index in [1.54, 1.807) is 12.3 Å². The fourth-order valence-electron chi connectivity index (χ4n) is 4.53. The first-order valence-corrected chi connectivity index (χ1v) is 10.9. The van der Waals surface area contributed by atoms with Crippen molar-refractivity contribution >= 4 is 0 Å². The van der Waals surface area contributed by atoms with Gasteiger partial charge in [0.05, 0.1) is 17.0 Å². The Kier molecular flexibility index (Phi) is 7.59. The number of aryl methyl sites for hydroxylation is 1. The number of benzene rings is 1. The molecular weight excluding hydrogens is 420 g/mol. The van der Waals surface area contributed by atoms with E-state index >= 15 is 0 Å². The highest BCUT2D eigenvalue weighted by atomic mass is 19.1. The molecule has 1 aromatic carbocycles. The minimum atomic E-state index is -0.654. The zero-order valence-electron chi connectivity index (χ0n) is 19.1. The number of aromatic nitrogens is 4. The van der Waals surface area contributed by atoms with Crippen LogP contribution < -0.4 is 0 Å². The number of hydrogen-bond donors (Lipinski definition) is 0. The van der Waals surface area contributed by atoms with Crippen molar-refractivity contribution in [2.75, 3.05) is 0 Å². The first kappa shape index (κ1) is 24.1. The molecule has 5 nitrogen and oxygen atoms in total. The van der Waals surface area contributed by atoms with E-state index < -0.39 is 11.6 Å². The number of nitriles is 1. The van der Waals surface area contributed by atoms with E-state index in [1.165, 1.54) is 18.2 Å². The maximum atomic E-state index is 14.4. The average molecular weight is 448 g/mol. The Morgan fingerprint density at radius 3 is 2.42 bits per heavy atom. The molecule has 0 spiro atoms. The van der Waals surface area contributed by atoms with Gasteiger partial charge in [0, 0.05) is 23.4 Å². The Bertz CT molecular complexity index is 1170. The molecule has 2 aromatic heterocycles. The highest BCUT2D eigenvalue weighted by Crippen LogP contribution is 2.44. The Balaban J connectivity index is 0.00000149. The molecule has 1 aliphatic rings. The van der Waals surface area contributed by atoms with Crippen molar-refractivity contribution in [2.24, 2.45) is 5.92 Å². The van der Waals surface area contributed by atoms with Gasteiger partial charge in [0.25, 0.3) is 0 Å². The molecule has 0 bridgehead atoms. The number of fused-ring (bicyclic) bond motifs is 1. The van der Waals surface area contributed by atoms with E-state index in [-0.39, 0.29) is 28.9 Å². The molecule has 33 heavy (non-hydrogen) atoms. The number of nitrogens with zero attached hydrogens (tertiary/aromatic N) is 5. The van der Waals surface area contributed by atoms with Crippen molar-refractivity contribution in [3.8, 4) is 17.3 Å². The van der Waals surface area contributed by atoms with Gasteiger partial charge in [-0.25, -0.2) is 18.7 Å². The number of hydrogen-bond acceptors (Lipinski definition) is 5. The van der Waals surface area contributed by atoms with Gasteiger partial charge in [-0.15, -0.1) is 13.2 Å². The van der Waals surface area contributed by atoms with Gasteiger partial charge in [-0.1, -0.05) is 19.9 Å². The van der Waals surface area contributed by atoms with E-state index in [2.05, 4.69) is 47.2 Å². The average Bonchev–Trinajstić information content (AvgIpc) is 2.80. The molecule has 2 atom stereocenters. The molecule has 0 saturated carbocycles. The SMILES string of the molecule is C=C.Cc1nc(C#N)ncc1C1CC[C@H](CC(C)C)c2cc(-c3c(F)cccc3F)nnc21. The maximum absolute atomic E-state index is 14.4. The molecule has 0 aliphatic heterocycles. The van der Waals surface area contributed by atoms with Crippen LogP contribution in [-0.2, 0) is 0 Å². The van der Waals surface area contributed by atoms with Crippen LogP contribution in [0.15, 0.2) is 43.6 Å². The molecule has 0 amide bonds. The maximum Gasteiger partial charge on any atom is 0.232 e. The van der Waals surface area contributed by atoms with Gasteiger partial charge in [0.2, 0.25) is 5.82 Å². The van der Waals surface area contributed by atoms with Crippen molar-refractivity contribution in [3.63, 3.8) is 0 Å². The van der Waals surface area contributed by atoms with Crippen molar-refractivity contribution in [1.82, 2.24) is 20.2 Å². The molecule has 3 aromatic rings. The van der Waals surface area contributed by atoms with Gasteiger partial charge < -0.3 is 0 Å². The van der Waals surface area contributed by atoms with Gasteiger partial charge in [0.1, 0.15) is 17.7 Å². The Morgan fingerprint density at radius 1 is 1.12 bits per heavy atom. The molecule has 1 unspecified atom stereocenters.